The fourth-order valence-corrected chi connectivity index (χ4v) is 7.70. The Kier molecular flexibility index (Phi) is 2.29. The molecule has 0 radical (unpaired) electrons. The Morgan fingerprint density at radius 1 is 0.321 bits per heavy atom. The minimum Gasteiger partial charge on any atom is -0.135 e. The van der Waals surface area contributed by atoms with Gasteiger partial charge < -0.3 is 0 Å². The molecule has 2 heterocycles. The molecule has 6 aromatic carbocycles. The summed E-state index contributed by atoms with van der Waals surface area (Å²) in [5, 5.41) is 14.3. The Morgan fingerprint density at radius 2 is 0.607 bits per heavy atom. The SMILES string of the molecule is c1cc2sc3cccc4c5cccc6sc7cccc8c(c1)c2c(c34)c(c78)c65. The summed E-state index contributed by atoms with van der Waals surface area (Å²) in [5.74, 6) is 0. The number of benzene rings is 6. The van der Waals surface area contributed by atoms with Gasteiger partial charge in [-0.1, -0.05) is 48.5 Å². The lowest BCUT2D eigenvalue weighted by Crippen LogP contribution is -1.92. The molecule has 0 atom stereocenters. The van der Waals surface area contributed by atoms with E-state index in [1.807, 2.05) is 22.7 Å². The maximum atomic E-state index is 2.31. The van der Waals surface area contributed by atoms with Gasteiger partial charge in [-0.15, -0.1) is 22.7 Å². The van der Waals surface area contributed by atoms with Crippen LogP contribution < -0.4 is 0 Å². The third-order valence-electron chi connectivity index (χ3n) is 6.38. The number of fused-ring (bicyclic) bond motifs is 2. The molecule has 128 valence electrons. The molecule has 0 aliphatic heterocycles. The van der Waals surface area contributed by atoms with E-state index in [-0.39, 0.29) is 0 Å². The van der Waals surface area contributed by atoms with Crippen LogP contribution in [0.5, 0.6) is 0 Å². The van der Waals surface area contributed by atoms with Crippen molar-refractivity contribution >= 4 is 95.3 Å². The minimum absolute atomic E-state index is 1.39. The summed E-state index contributed by atoms with van der Waals surface area (Å²) in [5.41, 5.74) is 0. The first-order valence-electron chi connectivity index (χ1n) is 9.54. The molecule has 0 saturated carbocycles. The van der Waals surface area contributed by atoms with Crippen LogP contribution in [0.1, 0.15) is 0 Å². The molecule has 8 aromatic rings. The standard InChI is InChI=1S/C26H12S2/c1-5-13-14-6-2-11-19-22(14)26-24-16(8-4-12-20(24)28-19)15-7-3-10-18-23(15)25(26)21(13)17(9-1)27-18/h1-12H. The first-order valence-corrected chi connectivity index (χ1v) is 11.2. The topological polar surface area (TPSA) is 0 Å². The van der Waals surface area contributed by atoms with Crippen LogP contribution in [-0.2, 0) is 0 Å². The van der Waals surface area contributed by atoms with E-state index in [0.717, 1.165) is 0 Å². The summed E-state index contributed by atoms with van der Waals surface area (Å²) in [7, 11) is 0. The maximum Gasteiger partial charge on any atom is 0.0361 e. The molecule has 0 fully saturated rings. The van der Waals surface area contributed by atoms with E-state index >= 15 is 0 Å². The minimum atomic E-state index is 1.39. The van der Waals surface area contributed by atoms with Gasteiger partial charge in [-0.3, -0.25) is 0 Å². The molecule has 0 nitrogen and oxygen atoms in total. The Morgan fingerprint density at radius 3 is 0.893 bits per heavy atom. The van der Waals surface area contributed by atoms with Gasteiger partial charge >= 0.3 is 0 Å². The second-order valence-electron chi connectivity index (χ2n) is 7.67. The number of hydrogen-bond donors (Lipinski definition) is 0. The van der Waals surface area contributed by atoms with Gasteiger partial charge in [-0.05, 0) is 45.8 Å². The third-order valence-corrected chi connectivity index (χ3v) is 8.62. The largest absolute Gasteiger partial charge is 0.135 e. The smallest absolute Gasteiger partial charge is 0.0361 e. The quantitative estimate of drug-likeness (QED) is 0.180. The van der Waals surface area contributed by atoms with E-state index in [2.05, 4.69) is 72.8 Å². The first-order chi connectivity index (χ1) is 13.9. The second-order valence-corrected chi connectivity index (χ2v) is 9.84. The molecule has 0 amide bonds. The van der Waals surface area contributed by atoms with Gasteiger partial charge in [0.25, 0.3) is 0 Å². The molecular formula is C26H12S2. The summed E-state index contributed by atoms with van der Waals surface area (Å²) in [4.78, 5) is 0. The predicted molar refractivity (Wildman–Crippen MR) is 127 cm³/mol. The molecule has 0 saturated heterocycles. The lowest BCUT2D eigenvalue weighted by Gasteiger charge is -2.21. The highest BCUT2D eigenvalue weighted by atomic mass is 32.1. The zero-order chi connectivity index (χ0) is 18.0. The van der Waals surface area contributed by atoms with Crippen LogP contribution in [0.25, 0.3) is 72.7 Å². The van der Waals surface area contributed by atoms with Crippen molar-refractivity contribution in [2.24, 2.45) is 0 Å². The molecule has 28 heavy (non-hydrogen) atoms. The van der Waals surface area contributed by atoms with Crippen molar-refractivity contribution in [1.82, 2.24) is 0 Å². The van der Waals surface area contributed by atoms with Gasteiger partial charge in [0.1, 0.15) is 0 Å². The summed E-state index contributed by atoms with van der Waals surface area (Å²) in [6.07, 6.45) is 0. The van der Waals surface area contributed by atoms with Crippen LogP contribution in [0.15, 0.2) is 72.8 Å². The Hall–Kier alpha value is -2.94. The summed E-state index contributed by atoms with van der Waals surface area (Å²) >= 11 is 3.86. The van der Waals surface area contributed by atoms with Crippen molar-refractivity contribution in [3.05, 3.63) is 72.8 Å². The molecule has 0 bridgehead atoms. The van der Waals surface area contributed by atoms with Crippen molar-refractivity contribution in [3.8, 4) is 0 Å². The molecule has 0 unspecified atom stereocenters. The number of rotatable bonds is 0. The van der Waals surface area contributed by atoms with Crippen LogP contribution in [-0.4, -0.2) is 0 Å². The van der Waals surface area contributed by atoms with Crippen molar-refractivity contribution < 1.29 is 0 Å². The molecule has 0 aliphatic carbocycles. The van der Waals surface area contributed by atoms with E-state index in [4.69, 9.17) is 0 Å². The summed E-state index contributed by atoms with van der Waals surface area (Å²) < 4.78 is 5.56. The zero-order valence-corrected chi connectivity index (χ0v) is 16.4. The molecule has 8 rings (SSSR count). The highest BCUT2D eigenvalue weighted by Crippen LogP contribution is 2.52. The zero-order valence-electron chi connectivity index (χ0n) is 14.7. The summed E-state index contributed by atoms with van der Waals surface area (Å²) in [6.45, 7) is 0. The lowest BCUT2D eigenvalue weighted by atomic mass is 9.87. The Balaban J connectivity index is 1.99. The van der Waals surface area contributed by atoms with Gasteiger partial charge in [0, 0.05) is 51.1 Å². The van der Waals surface area contributed by atoms with E-state index in [9.17, 15) is 0 Å². The normalized spacial score (nSPS) is 13.0. The van der Waals surface area contributed by atoms with E-state index in [1.54, 1.807) is 0 Å². The van der Waals surface area contributed by atoms with Crippen LogP contribution in [0.3, 0.4) is 0 Å². The first kappa shape index (κ1) is 14.1. The second kappa shape index (κ2) is 4.54. The van der Waals surface area contributed by atoms with Gasteiger partial charge in [0.05, 0.1) is 0 Å². The monoisotopic (exact) mass is 388 g/mol. The van der Waals surface area contributed by atoms with Crippen LogP contribution in [0, 0.1) is 0 Å². The van der Waals surface area contributed by atoms with Crippen molar-refractivity contribution in [2.75, 3.05) is 0 Å². The van der Waals surface area contributed by atoms with Crippen molar-refractivity contribution in [1.29, 1.82) is 0 Å². The van der Waals surface area contributed by atoms with E-state index in [1.165, 1.54) is 72.7 Å². The van der Waals surface area contributed by atoms with Crippen LogP contribution in [0.2, 0.25) is 0 Å². The van der Waals surface area contributed by atoms with E-state index in [0.29, 0.717) is 0 Å². The molecule has 2 aromatic heterocycles. The predicted octanol–water partition coefficient (Wildman–Crippen LogP) is 8.76. The number of hydrogen-bond acceptors (Lipinski definition) is 2. The highest BCUT2D eigenvalue weighted by Gasteiger charge is 2.22. The fourth-order valence-electron chi connectivity index (χ4n) is 5.38. The van der Waals surface area contributed by atoms with Crippen LogP contribution >= 0.6 is 22.7 Å². The summed E-state index contributed by atoms with van der Waals surface area (Å²) in [6, 6.07) is 27.3. The lowest BCUT2D eigenvalue weighted by molar-refractivity contribution is 1.86. The fraction of sp³-hybridized carbons (Fsp3) is 0. The molecule has 2 heteroatoms. The molecule has 0 aliphatic rings. The molecule has 0 spiro atoms. The van der Waals surface area contributed by atoms with Crippen molar-refractivity contribution in [2.45, 2.75) is 0 Å². The van der Waals surface area contributed by atoms with Gasteiger partial charge in [0.15, 0.2) is 0 Å². The van der Waals surface area contributed by atoms with Gasteiger partial charge in [0.2, 0.25) is 0 Å². The maximum absolute atomic E-state index is 2.31. The van der Waals surface area contributed by atoms with Crippen LogP contribution in [0.4, 0.5) is 0 Å². The Bertz CT molecular complexity index is 1600. The molecular weight excluding hydrogens is 376 g/mol. The van der Waals surface area contributed by atoms with Gasteiger partial charge in [-0.2, -0.15) is 0 Å². The van der Waals surface area contributed by atoms with Crippen molar-refractivity contribution in [3.63, 3.8) is 0 Å². The molecule has 0 N–H and O–H groups in total. The average molecular weight is 389 g/mol. The van der Waals surface area contributed by atoms with Gasteiger partial charge in [-0.25, -0.2) is 0 Å². The highest BCUT2D eigenvalue weighted by molar-refractivity contribution is 7.26. The Labute approximate surface area is 167 Å². The average Bonchev–Trinajstić information content (AvgIpc) is 2.74. The third kappa shape index (κ3) is 1.41. The van der Waals surface area contributed by atoms with E-state index < -0.39 is 0 Å².